The van der Waals surface area contributed by atoms with Crippen LogP contribution in [-0.4, -0.2) is 54.4 Å². The molecule has 9 nitrogen and oxygen atoms in total. The van der Waals surface area contributed by atoms with Crippen LogP contribution in [0.5, 0.6) is 0 Å². The summed E-state index contributed by atoms with van der Waals surface area (Å²) < 4.78 is 30.1. The smallest absolute Gasteiger partial charge is 0.265 e. The topological polar surface area (TPSA) is 135 Å². The van der Waals surface area contributed by atoms with Crippen LogP contribution in [0.1, 0.15) is 48.9 Å². The maximum atomic E-state index is 13.3. The van der Waals surface area contributed by atoms with Gasteiger partial charge in [-0.1, -0.05) is 25.0 Å². The summed E-state index contributed by atoms with van der Waals surface area (Å²) in [7, 11) is -4.09. The number of ether oxygens (including phenoxy) is 1. The number of sulfone groups is 1. The molecule has 0 atom stereocenters. The van der Waals surface area contributed by atoms with Gasteiger partial charge in [-0.25, -0.2) is 13.9 Å². The lowest BCUT2D eigenvalue weighted by atomic mass is 9.98. The zero-order valence-corrected chi connectivity index (χ0v) is 20.2. The molecule has 34 heavy (non-hydrogen) atoms. The summed E-state index contributed by atoms with van der Waals surface area (Å²) in [6.45, 7) is 0.213. The third kappa shape index (κ3) is 4.95. The Bertz CT molecular complexity index is 1110. The maximum absolute atomic E-state index is 13.3. The molecule has 1 aromatic heterocycles. The minimum absolute atomic E-state index is 0. The van der Waals surface area contributed by atoms with Crippen molar-refractivity contribution in [3.8, 4) is 11.3 Å². The van der Waals surface area contributed by atoms with Crippen molar-refractivity contribution in [1.29, 1.82) is 0 Å². The Labute approximate surface area is 204 Å². The fourth-order valence-corrected chi connectivity index (χ4v) is 6.43. The van der Waals surface area contributed by atoms with Crippen molar-refractivity contribution in [3.63, 3.8) is 0 Å². The zero-order chi connectivity index (χ0) is 23.5. The average molecular weight is 510 g/mol. The lowest BCUT2D eigenvalue weighted by Gasteiger charge is -2.34. The summed E-state index contributed by atoms with van der Waals surface area (Å²) >= 11 is 0. The van der Waals surface area contributed by atoms with Crippen LogP contribution in [0.15, 0.2) is 47.5 Å². The van der Waals surface area contributed by atoms with Crippen molar-refractivity contribution in [3.05, 3.63) is 48.2 Å². The maximum Gasteiger partial charge on any atom is 0.265 e. The number of aromatic nitrogens is 1. The molecule has 2 amide bonds. The van der Waals surface area contributed by atoms with E-state index in [4.69, 9.17) is 9.94 Å². The Morgan fingerprint density at radius 3 is 2.24 bits per heavy atom. The van der Waals surface area contributed by atoms with Gasteiger partial charge in [0.25, 0.3) is 11.8 Å². The normalized spacial score (nSPS) is 18.0. The molecule has 1 aliphatic heterocycles. The molecule has 1 saturated heterocycles. The number of hydrogen-bond acceptors (Lipinski definition) is 7. The van der Waals surface area contributed by atoms with Gasteiger partial charge in [-0.05, 0) is 49.9 Å². The van der Waals surface area contributed by atoms with Crippen LogP contribution in [0.25, 0.3) is 11.3 Å². The Kier molecular flexibility index (Phi) is 8.29. The lowest BCUT2D eigenvalue weighted by molar-refractivity contribution is -0.134. The first kappa shape index (κ1) is 26.1. The number of pyridine rings is 1. The van der Waals surface area contributed by atoms with Crippen molar-refractivity contribution >= 4 is 34.1 Å². The first-order valence-corrected chi connectivity index (χ1v) is 12.5. The molecule has 2 fully saturated rings. The highest BCUT2D eigenvalue weighted by Crippen LogP contribution is 2.36. The van der Waals surface area contributed by atoms with Gasteiger partial charge in [0, 0.05) is 31.0 Å². The van der Waals surface area contributed by atoms with Gasteiger partial charge in [-0.15, -0.1) is 12.4 Å². The Morgan fingerprint density at radius 2 is 1.68 bits per heavy atom. The van der Waals surface area contributed by atoms with E-state index >= 15 is 0 Å². The molecule has 1 aromatic carbocycles. The van der Waals surface area contributed by atoms with Gasteiger partial charge in [0.05, 0.1) is 16.2 Å². The predicted octanol–water partition coefficient (Wildman–Crippen LogP) is 2.67. The van der Waals surface area contributed by atoms with E-state index in [-0.39, 0.29) is 55.3 Å². The number of carbonyl (C=O) groups is 2. The van der Waals surface area contributed by atoms with E-state index in [1.807, 2.05) is 0 Å². The molecule has 0 bridgehead atoms. The summed E-state index contributed by atoms with van der Waals surface area (Å²) in [4.78, 5) is 29.1. The summed E-state index contributed by atoms with van der Waals surface area (Å²) in [5.41, 5.74) is 3.24. The van der Waals surface area contributed by atoms with E-state index in [0.717, 1.165) is 25.7 Å². The standard InChI is InChI=1S/C23H27N3O6S.ClH/c27-21(25-18-3-1-2-4-18)17-7-10-20(24-15-17)16-5-8-19(9-6-16)33(30,31)23(22(28)26-29)11-13-32-14-12-23;/h5-10,15,18,29H,1-4,11-14H2,(H,25,27)(H,26,28);1H. The van der Waals surface area contributed by atoms with Crippen LogP contribution in [0, 0.1) is 0 Å². The molecule has 1 aliphatic carbocycles. The Hall–Kier alpha value is -2.53. The van der Waals surface area contributed by atoms with Crippen LogP contribution in [-0.2, 0) is 19.4 Å². The van der Waals surface area contributed by atoms with Crippen molar-refractivity contribution < 1.29 is 28.0 Å². The second-order valence-corrected chi connectivity index (χ2v) is 10.7. The Morgan fingerprint density at radius 1 is 1.03 bits per heavy atom. The quantitative estimate of drug-likeness (QED) is 0.402. The van der Waals surface area contributed by atoms with Crippen LogP contribution in [0.3, 0.4) is 0 Å². The number of rotatable bonds is 6. The minimum Gasteiger partial charge on any atom is -0.381 e. The van der Waals surface area contributed by atoms with Crippen LogP contribution in [0.4, 0.5) is 0 Å². The number of amides is 2. The minimum atomic E-state index is -4.09. The fourth-order valence-electron chi connectivity index (χ4n) is 4.49. The average Bonchev–Trinajstić information content (AvgIpc) is 3.37. The molecule has 2 heterocycles. The largest absolute Gasteiger partial charge is 0.381 e. The number of nitrogens with one attached hydrogen (secondary N) is 2. The number of halogens is 1. The number of hydrogen-bond donors (Lipinski definition) is 3. The molecule has 11 heteroatoms. The van der Waals surface area contributed by atoms with E-state index in [9.17, 15) is 18.0 Å². The molecule has 1 saturated carbocycles. The van der Waals surface area contributed by atoms with Gasteiger partial charge in [0.15, 0.2) is 14.6 Å². The van der Waals surface area contributed by atoms with Gasteiger partial charge in [0.1, 0.15) is 0 Å². The molecule has 184 valence electrons. The number of hydroxylamine groups is 1. The third-order valence-corrected chi connectivity index (χ3v) is 9.02. The van der Waals surface area contributed by atoms with Gasteiger partial charge in [0.2, 0.25) is 0 Å². The third-order valence-electron chi connectivity index (χ3n) is 6.51. The Balaban J connectivity index is 0.00000324. The monoisotopic (exact) mass is 509 g/mol. The first-order valence-electron chi connectivity index (χ1n) is 11.0. The highest BCUT2D eigenvalue weighted by atomic mass is 35.5. The first-order chi connectivity index (χ1) is 15.9. The summed E-state index contributed by atoms with van der Waals surface area (Å²) in [6.07, 6.45) is 5.68. The molecular formula is C23H28ClN3O6S. The van der Waals surface area contributed by atoms with Crippen molar-refractivity contribution in [2.24, 2.45) is 0 Å². The molecule has 3 N–H and O–H groups in total. The highest BCUT2D eigenvalue weighted by Gasteiger charge is 2.52. The highest BCUT2D eigenvalue weighted by molar-refractivity contribution is 7.93. The van der Waals surface area contributed by atoms with Gasteiger partial charge < -0.3 is 10.1 Å². The molecule has 0 unspecified atom stereocenters. The summed E-state index contributed by atoms with van der Waals surface area (Å²) in [5, 5.41) is 12.2. The zero-order valence-electron chi connectivity index (χ0n) is 18.5. The second-order valence-electron chi connectivity index (χ2n) is 8.46. The van der Waals surface area contributed by atoms with Crippen LogP contribution < -0.4 is 10.8 Å². The van der Waals surface area contributed by atoms with Crippen LogP contribution in [0.2, 0.25) is 0 Å². The van der Waals surface area contributed by atoms with E-state index in [0.29, 0.717) is 16.8 Å². The van der Waals surface area contributed by atoms with Gasteiger partial charge >= 0.3 is 0 Å². The molecular weight excluding hydrogens is 482 g/mol. The molecule has 4 rings (SSSR count). The number of benzene rings is 1. The lowest BCUT2D eigenvalue weighted by Crippen LogP contribution is -2.54. The fraction of sp³-hybridized carbons (Fsp3) is 0.435. The van der Waals surface area contributed by atoms with Crippen molar-refractivity contribution in [2.75, 3.05) is 13.2 Å². The predicted molar refractivity (Wildman–Crippen MR) is 127 cm³/mol. The SMILES string of the molecule is Cl.O=C(NC1CCCC1)c1ccc(-c2ccc(S(=O)(=O)C3(C(=O)NO)CCOCC3)cc2)nc1. The van der Waals surface area contributed by atoms with Crippen molar-refractivity contribution in [2.45, 2.75) is 54.2 Å². The summed E-state index contributed by atoms with van der Waals surface area (Å²) in [5.74, 6) is -1.10. The van der Waals surface area contributed by atoms with Crippen molar-refractivity contribution in [1.82, 2.24) is 15.8 Å². The van der Waals surface area contributed by atoms with E-state index < -0.39 is 20.5 Å². The summed E-state index contributed by atoms with van der Waals surface area (Å²) in [6, 6.07) is 9.70. The molecule has 2 aliphatic rings. The second kappa shape index (κ2) is 10.8. The molecule has 2 aromatic rings. The van der Waals surface area contributed by atoms with Crippen LogP contribution >= 0.6 is 12.4 Å². The van der Waals surface area contributed by atoms with E-state index in [1.165, 1.54) is 23.8 Å². The van der Waals surface area contributed by atoms with E-state index in [2.05, 4.69) is 10.3 Å². The molecule has 0 spiro atoms. The number of carbonyl (C=O) groups excluding carboxylic acids is 2. The number of nitrogens with zero attached hydrogens (tertiary/aromatic N) is 1. The van der Waals surface area contributed by atoms with E-state index in [1.54, 1.807) is 24.3 Å². The van der Waals surface area contributed by atoms with Gasteiger partial charge in [-0.3, -0.25) is 19.8 Å². The van der Waals surface area contributed by atoms with Gasteiger partial charge in [-0.2, -0.15) is 0 Å². The molecule has 0 radical (unpaired) electrons.